The minimum Gasteiger partial charge on any atom is -0.488 e. The predicted molar refractivity (Wildman–Crippen MR) is 126 cm³/mol. The standard InChI is InChI=1S/C25H26N2O4S/c1-16-5-7-19(8-6-16)25-26-17(2)23(32-25)15-30-20-11-9-18(10-12-20)21(14-24(28)29)22-4-3-13-31-27-22/h3,5,7-13,16,21H,4,6,14-15H2,1-2H3,(H,28,29)/t16?,21-/m1/s1. The van der Waals surface area contributed by atoms with Crippen LogP contribution < -0.4 is 4.74 Å². The van der Waals surface area contributed by atoms with E-state index in [1.54, 1.807) is 11.3 Å². The number of aryl methyl sites for hydroxylation is 1. The number of carboxylic acids is 1. The van der Waals surface area contributed by atoms with Gasteiger partial charge in [-0.05, 0) is 43.0 Å². The fraction of sp³-hybridized carbons (Fsp3) is 0.320. The first-order valence-corrected chi connectivity index (χ1v) is 11.5. The summed E-state index contributed by atoms with van der Waals surface area (Å²) in [5, 5.41) is 14.4. The van der Waals surface area contributed by atoms with Crippen LogP contribution >= 0.6 is 11.3 Å². The van der Waals surface area contributed by atoms with Crippen LogP contribution in [0.4, 0.5) is 0 Å². The van der Waals surface area contributed by atoms with E-state index < -0.39 is 5.97 Å². The van der Waals surface area contributed by atoms with E-state index in [9.17, 15) is 9.90 Å². The molecular weight excluding hydrogens is 424 g/mol. The Bertz CT molecular complexity index is 1100. The van der Waals surface area contributed by atoms with Gasteiger partial charge in [0.25, 0.3) is 0 Å². The van der Waals surface area contributed by atoms with E-state index in [1.807, 2.05) is 37.3 Å². The number of ether oxygens (including phenoxy) is 1. The van der Waals surface area contributed by atoms with Gasteiger partial charge in [0.2, 0.25) is 0 Å². The molecule has 4 rings (SSSR count). The van der Waals surface area contributed by atoms with E-state index in [1.165, 1.54) is 11.8 Å². The number of nitrogens with zero attached hydrogens (tertiary/aromatic N) is 2. The van der Waals surface area contributed by atoms with Crippen LogP contribution in [0.25, 0.3) is 5.57 Å². The van der Waals surface area contributed by atoms with E-state index in [0.717, 1.165) is 33.3 Å². The predicted octanol–water partition coefficient (Wildman–Crippen LogP) is 5.86. The van der Waals surface area contributed by atoms with Gasteiger partial charge in [-0.3, -0.25) is 4.79 Å². The molecule has 0 saturated carbocycles. The monoisotopic (exact) mass is 450 g/mol. The third-order valence-corrected chi connectivity index (χ3v) is 6.72. The van der Waals surface area contributed by atoms with Crippen molar-refractivity contribution < 1.29 is 19.5 Å². The maximum absolute atomic E-state index is 11.4. The van der Waals surface area contributed by atoms with Crippen molar-refractivity contribution >= 4 is 28.6 Å². The number of hydrogen-bond acceptors (Lipinski definition) is 6. The summed E-state index contributed by atoms with van der Waals surface area (Å²) in [7, 11) is 0. The first kappa shape index (κ1) is 22.0. The summed E-state index contributed by atoms with van der Waals surface area (Å²) in [6, 6.07) is 7.53. The fourth-order valence-electron chi connectivity index (χ4n) is 3.67. The highest BCUT2D eigenvalue weighted by molar-refractivity contribution is 7.12. The number of hydrogen-bond donors (Lipinski definition) is 1. The van der Waals surface area contributed by atoms with Crippen molar-refractivity contribution in [1.29, 1.82) is 0 Å². The topological polar surface area (TPSA) is 81.0 Å². The molecule has 2 aliphatic rings. The van der Waals surface area contributed by atoms with Crippen LogP contribution in [0.1, 0.15) is 53.2 Å². The molecule has 1 aromatic heterocycles. The minimum absolute atomic E-state index is 0.0395. The number of carboxylic acid groups (broad SMARTS) is 1. The summed E-state index contributed by atoms with van der Waals surface area (Å²) in [6.45, 7) is 4.66. The normalized spacial score (nSPS) is 18.5. The maximum atomic E-state index is 11.4. The quantitative estimate of drug-likeness (QED) is 0.545. The zero-order valence-corrected chi connectivity index (χ0v) is 19.0. The van der Waals surface area contributed by atoms with E-state index in [2.05, 4.69) is 30.3 Å². The highest BCUT2D eigenvalue weighted by atomic mass is 32.1. The van der Waals surface area contributed by atoms with Crippen LogP contribution in [0.15, 0.2) is 60.0 Å². The summed E-state index contributed by atoms with van der Waals surface area (Å²) in [6.07, 6.45) is 11.5. The molecule has 2 atom stereocenters. The summed E-state index contributed by atoms with van der Waals surface area (Å²) in [5.74, 6) is 0.0955. The van der Waals surface area contributed by atoms with E-state index >= 15 is 0 Å². The Kier molecular flexibility index (Phi) is 6.85. The molecule has 1 aliphatic heterocycles. The van der Waals surface area contributed by atoms with Crippen LogP contribution in [0.5, 0.6) is 5.75 Å². The van der Waals surface area contributed by atoms with Crippen LogP contribution in [-0.4, -0.2) is 21.8 Å². The van der Waals surface area contributed by atoms with Crippen LogP contribution in [-0.2, 0) is 16.2 Å². The average molecular weight is 451 g/mol. The Balaban J connectivity index is 1.42. The number of aromatic nitrogens is 1. The van der Waals surface area contributed by atoms with Gasteiger partial charge in [-0.15, -0.1) is 11.3 Å². The van der Waals surface area contributed by atoms with Gasteiger partial charge in [-0.2, -0.15) is 0 Å². The second-order valence-corrected chi connectivity index (χ2v) is 9.11. The molecule has 2 aromatic rings. The highest BCUT2D eigenvalue weighted by Gasteiger charge is 2.23. The first-order valence-electron chi connectivity index (χ1n) is 10.7. The molecule has 32 heavy (non-hydrogen) atoms. The van der Waals surface area contributed by atoms with Crippen LogP contribution in [0.2, 0.25) is 0 Å². The van der Waals surface area contributed by atoms with Crippen molar-refractivity contribution in [3.63, 3.8) is 0 Å². The first-order chi connectivity index (χ1) is 15.5. The third-order valence-electron chi connectivity index (χ3n) is 5.54. The lowest BCUT2D eigenvalue weighted by molar-refractivity contribution is -0.137. The smallest absolute Gasteiger partial charge is 0.304 e. The highest BCUT2D eigenvalue weighted by Crippen LogP contribution is 2.31. The van der Waals surface area contributed by atoms with Gasteiger partial charge < -0.3 is 14.7 Å². The molecule has 1 aromatic carbocycles. The summed E-state index contributed by atoms with van der Waals surface area (Å²) in [4.78, 5) is 22.2. The Morgan fingerprint density at radius 3 is 2.81 bits per heavy atom. The zero-order chi connectivity index (χ0) is 22.5. The van der Waals surface area contributed by atoms with Crippen molar-refractivity contribution in [2.45, 2.75) is 45.6 Å². The lowest BCUT2D eigenvalue weighted by Gasteiger charge is -2.18. The number of rotatable bonds is 8. The second-order valence-electron chi connectivity index (χ2n) is 8.03. The Morgan fingerprint density at radius 2 is 2.16 bits per heavy atom. The summed E-state index contributed by atoms with van der Waals surface area (Å²) >= 11 is 1.66. The van der Waals surface area contributed by atoms with Crippen molar-refractivity contribution in [2.24, 2.45) is 11.1 Å². The molecule has 2 heterocycles. The van der Waals surface area contributed by atoms with Crippen molar-refractivity contribution in [1.82, 2.24) is 4.98 Å². The van der Waals surface area contributed by atoms with Gasteiger partial charge in [0, 0.05) is 17.9 Å². The second kappa shape index (κ2) is 9.96. The Hall–Kier alpha value is -3.19. The molecular formula is C25H26N2O4S. The summed E-state index contributed by atoms with van der Waals surface area (Å²) in [5.41, 5.74) is 3.75. The summed E-state index contributed by atoms with van der Waals surface area (Å²) < 4.78 is 6.00. The molecule has 1 unspecified atom stereocenters. The molecule has 0 spiro atoms. The van der Waals surface area contributed by atoms with Crippen molar-refractivity contribution in [3.8, 4) is 5.75 Å². The lowest BCUT2D eigenvalue weighted by Crippen LogP contribution is -2.17. The average Bonchev–Trinajstić information content (AvgIpc) is 3.18. The van der Waals surface area contributed by atoms with Crippen molar-refractivity contribution in [2.75, 3.05) is 0 Å². The molecule has 0 amide bonds. The van der Waals surface area contributed by atoms with E-state index in [4.69, 9.17) is 14.6 Å². The zero-order valence-electron chi connectivity index (χ0n) is 18.2. The Labute approximate surface area is 191 Å². The molecule has 0 bridgehead atoms. The van der Waals surface area contributed by atoms with Gasteiger partial charge in [-0.25, -0.2) is 4.98 Å². The van der Waals surface area contributed by atoms with Crippen LogP contribution in [0.3, 0.4) is 0 Å². The molecule has 0 radical (unpaired) electrons. The van der Waals surface area contributed by atoms with Gasteiger partial charge in [0.05, 0.1) is 22.7 Å². The Morgan fingerprint density at radius 1 is 1.34 bits per heavy atom. The number of aliphatic carboxylic acids is 1. The third kappa shape index (κ3) is 5.34. The number of benzene rings is 1. The van der Waals surface area contributed by atoms with E-state index in [-0.39, 0.29) is 12.3 Å². The van der Waals surface area contributed by atoms with E-state index in [0.29, 0.717) is 24.7 Å². The number of allylic oxidation sites excluding steroid dienone is 5. The van der Waals surface area contributed by atoms with Gasteiger partial charge in [0.15, 0.2) is 0 Å². The molecule has 1 aliphatic carbocycles. The molecule has 1 N–H and O–H groups in total. The lowest BCUT2D eigenvalue weighted by atomic mass is 9.89. The minimum atomic E-state index is -0.874. The number of carbonyl (C=O) groups is 1. The van der Waals surface area contributed by atoms with Crippen molar-refractivity contribution in [3.05, 3.63) is 76.0 Å². The number of oxime groups is 1. The number of thiazole rings is 1. The SMILES string of the molecule is Cc1nc(C2=CCC(C)C=C2)sc1COc1ccc([C@@H](CC(=O)O)C2=NOC=CC2)cc1. The largest absolute Gasteiger partial charge is 0.488 e. The molecule has 6 nitrogen and oxygen atoms in total. The maximum Gasteiger partial charge on any atom is 0.304 e. The van der Waals surface area contributed by atoms with Crippen LogP contribution in [0, 0.1) is 12.8 Å². The van der Waals surface area contributed by atoms with Gasteiger partial charge in [-0.1, -0.05) is 42.4 Å². The van der Waals surface area contributed by atoms with Gasteiger partial charge >= 0.3 is 5.97 Å². The molecule has 0 saturated heterocycles. The molecule has 166 valence electrons. The molecule has 7 heteroatoms. The fourth-order valence-corrected chi connectivity index (χ4v) is 4.67. The molecule has 0 fully saturated rings. The van der Waals surface area contributed by atoms with Gasteiger partial charge in [0.1, 0.15) is 23.6 Å².